The molecule has 0 aliphatic carbocycles. The fourth-order valence-corrected chi connectivity index (χ4v) is 4.01. The minimum atomic E-state index is 0.256. The minimum absolute atomic E-state index is 0.256. The molecule has 1 fully saturated rings. The molecule has 26 heavy (non-hydrogen) atoms. The molecule has 1 amide bonds. The van der Waals surface area contributed by atoms with Crippen molar-refractivity contribution in [3.63, 3.8) is 0 Å². The van der Waals surface area contributed by atoms with E-state index in [4.69, 9.17) is 4.74 Å². The molecule has 0 N–H and O–H groups in total. The molecular formula is C21H29N3O2. The fraction of sp³-hybridized carbons (Fsp3) is 0.524. The van der Waals surface area contributed by atoms with Gasteiger partial charge < -0.3 is 9.64 Å². The van der Waals surface area contributed by atoms with E-state index in [-0.39, 0.29) is 5.91 Å². The first-order valence-corrected chi connectivity index (χ1v) is 9.41. The number of benzene rings is 1. The van der Waals surface area contributed by atoms with Crippen molar-refractivity contribution in [2.24, 2.45) is 7.05 Å². The van der Waals surface area contributed by atoms with E-state index in [9.17, 15) is 4.79 Å². The largest absolute Gasteiger partial charge is 0.496 e. The molecule has 3 rings (SSSR count). The van der Waals surface area contributed by atoms with Gasteiger partial charge in [0.25, 0.3) is 0 Å². The van der Waals surface area contributed by atoms with E-state index in [1.54, 1.807) is 7.11 Å². The first-order valence-electron chi connectivity index (χ1n) is 9.41. The van der Waals surface area contributed by atoms with Crippen LogP contribution in [0.2, 0.25) is 0 Å². The highest BCUT2D eigenvalue weighted by atomic mass is 16.5. The standard InChI is InChI=1S/C21H29N3O2/c1-15-18(16(2)23(3)22-15)9-10-21(25)24-13-11-17(12-14-24)19-7-5-6-8-20(19)26-4/h5-8,17H,9-14H2,1-4H3. The summed E-state index contributed by atoms with van der Waals surface area (Å²) in [6.45, 7) is 5.74. The number of piperidine rings is 1. The van der Waals surface area contributed by atoms with Crippen molar-refractivity contribution >= 4 is 5.91 Å². The molecular weight excluding hydrogens is 326 g/mol. The molecule has 0 unspecified atom stereocenters. The van der Waals surface area contributed by atoms with E-state index < -0.39 is 0 Å². The summed E-state index contributed by atoms with van der Waals surface area (Å²) in [6, 6.07) is 8.23. The van der Waals surface area contributed by atoms with Crippen LogP contribution in [0.3, 0.4) is 0 Å². The molecule has 0 spiro atoms. The number of rotatable bonds is 5. The van der Waals surface area contributed by atoms with Gasteiger partial charge in [-0.2, -0.15) is 5.10 Å². The number of aryl methyl sites for hydroxylation is 2. The maximum atomic E-state index is 12.6. The number of methoxy groups -OCH3 is 1. The topological polar surface area (TPSA) is 47.4 Å². The van der Waals surface area contributed by atoms with Gasteiger partial charge in [-0.1, -0.05) is 18.2 Å². The maximum Gasteiger partial charge on any atom is 0.222 e. The highest BCUT2D eigenvalue weighted by Crippen LogP contribution is 2.34. The second-order valence-electron chi connectivity index (χ2n) is 7.17. The molecule has 0 atom stereocenters. The number of likely N-dealkylation sites (tertiary alicyclic amines) is 1. The lowest BCUT2D eigenvalue weighted by molar-refractivity contribution is -0.132. The van der Waals surface area contributed by atoms with Crippen molar-refractivity contribution in [2.45, 2.75) is 45.4 Å². The number of nitrogens with zero attached hydrogens (tertiary/aromatic N) is 3. The van der Waals surface area contributed by atoms with Crippen molar-refractivity contribution in [1.29, 1.82) is 0 Å². The summed E-state index contributed by atoms with van der Waals surface area (Å²) in [4.78, 5) is 14.7. The lowest BCUT2D eigenvalue weighted by Gasteiger charge is -2.33. The van der Waals surface area contributed by atoms with Crippen LogP contribution >= 0.6 is 0 Å². The minimum Gasteiger partial charge on any atom is -0.496 e. The van der Waals surface area contributed by atoms with Gasteiger partial charge in [-0.15, -0.1) is 0 Å². The number of para-hydroxylation sites is 1. The molecule has 2 heterocycles. The van der Waals surface area contributed by atoms with Gasteiger partial charge in [-0.3, -0.25) is 9.48 Å². The Hall–Kier alpha value is -2.30. The van der Waals surface area contributed by atoms with Crippen LogP contribution in [0.4, 0.5) is 0 Å². The van der Waals surface area contributed by atoms with Crippen LogP contribution in [0, 0.1) is 13.8 Å². The summed E-state index contributed by atoms with van der Waals surface area (Å²) in [7, 11) is 3.68. The molecule has 1 aliphatic rings. The SMILES string of the molecule is COc1ccccc1C1CCN(C(=O)CCc2c(C)nn(C)c2C)CC1. The van der Waals surface area contributed by atoms with E-state index in [1.807, 2.05) is 35.7 Å². The molecule has 5 nitrogen and oxygen atoms in total. The molecule has 1 saturated heterocycles. The Morgan fingerprint density at radius 3 is 2.54 bits per heavy atom. The van der Waals surface area contributed by atoms with E-state index in [0.717, 1.165) is 49.5 Å². The zero-order chi connectivity index (χ0) is 18.7. The Morgan fingerprint density at radius 2 is 1.92 bits per heavy atom. The van der Waals surface area contributed by atoms with E-state index >= 15 is 0 Å². The van der Waals surface area contributed by atoms with Crippen LogP contribution in [0.15, 0.2) is 24.3 Å². The Labute approximate surface area is 156 Å². The van der Waals surface area contributed by atoms with Crippen molar-refractivity contribution in [2.75, 3.05) is 20.2 Å². The first-order chi connectivity index (χ1) is 12.5. The van der Waals surface area contributed by atoms with Gasteiger partial charge in [-0.05, 0) is 56.2 Å². The summed E-state index contributed by atoms with van der Waals surface area (Å²) in [5, 5.41) is 4.44. The van der Waals surface area contributed by atoms with Gasteiger partial charge in [-0.25, -0.2) is 0 Å². The van der Waals surface area contributed by atoms with Gasteiger partial charge in [0.1, 0.15) is 5.75 Å². The zero-order valence-corrected chi connectivity index (χ0v) is 16.3. The van der Waals surface area contributed by atoms with Crippen LogP contribution < -0.4 is 4.74 Å². The highest BCUT2D eigenvalue weighted by molar-refractivity contribution is 5.76. The zero-order valence-electron chi connectivity index (χ0n) is 16.3. The molecule has 1 aliphatic heterocycles. The van der Waals surface area contributed by atoms with Crippen molar-refractivity contribution in [3.05, 3.63) is 46.8 Å². The molecule has 5 heteroatoms. The van der Waals surface area contributed by atoms with Crippen molar-refractivity contribution in [3.8, 4) is 5.75 Å². The van der Waals surface area contributed by atoms with Crippen molar-refractivity contribution in [1.82, 2.24) is 14.7 Å². The molecule has 0 saturated carbocycles. The van der Waals surface area contributed by atoms with Crippen LogP contribution in [-0.2, 0) is 18.3 Å². The van der Waals surface area contributed by atoms with E-state index in [2.05, 4.69) is 24.2 Å². The van der Waals surface area contributed by atoms with Crippen LogP contribution in [0.5, 0.6) is 5.75 Å². The molecule has 0 bridgehead atoms. The summed E-state index contributed by atoms with van der Waals surface area (Å²) in [5.41, 5.74) is 4.67. The van der Waals surface area contributed by atoms with Crippen LogP contribution in [0.1, 0.15) is 47.7 Å². The van der Waals surface area contributed by atoms with Gasteiger partial charge in [0.05, 0.1) is 12.8 Å². The molecule has 2 aromatic rings. The number of carbonyl (C=O) groups is 1. The Balaban J connectivity index is 1.55. The third-order valence-electron chi connectivity index (χ3n) is 5.67. The number of aromatic nitrogens is 2. The van der Waals surface area contributed by atoms with Gasteiger partial charge in [0, 0.05) is 32.3 Å². The maximum absolute atomic E-state index is 12.6. The van der Waals surface area contributed by atoms with E-state index in [0.29, 0.717) is 12.3 Å². The fourth-order valence-electron chi connectivity index (χ4n) is 4.01. The third-order valence-corrected chi connectivity index (χ3v) is 5.67. The third kappa shape index (κ3) is 3.76. The second-order valence-corrected chi connectivity index (χ2v) is 7.17. The lowest BCUT2D eigenvalue weighted by Crippen LogP contribution is -2.38. The number of carbonyl (C=O) groups excluding carboxylic acids is 1. The number of hydrogen-bond acceptors (Lipinski definition) is 3. The van der Waals surface area contributed by atoms with Crippen LogP contribution in [-0.4, -0.2) is 40.8 Å². The quantitative estimate of drug-likeness (QED) is 0.826. The lowest BCUT2D eigenvalue weighted by atomic mass is 9.88. The Morgan fingerprint density at radius 1 is 1.23 bits per heavy atom. The first kappa shape index (κ1) is 18.5. The molecule has 1 aromatic heterocycles. The molecule has 0 radical (unpaired) electrons. The van der Waals surface area contributed by atoms with Crippen LogP contribution in [0.25, 0.3) is 0 Å². The summed E-state index contributed by atoms with van der Waals surface area (Å²) < 4.78 is 7.39. The predicted octanol–water partition coefficient (Wildman–Crippen LogP) is 3.38. The average Bonchev–Trinajstić information content (AvgIpc) is 2.91. The summed E-state index contributed by atoms with van der Waals surface area (Å²) in [5.74, 6) is 1.68. The smallest absolute Gasteiger partial charge is 0.222 e. The number of ether oxygens (including phenoxy) is 1. The Kier molecular flexibility index (Phi) is 5.64. The Bertz CT molecular complexity index is 774. The van der Waals surface area contributed by atoms with Gasteiger partial charge in [0.2, 0.25) is 5.91 Å². The van der Waals surface area contributed by atoms with E-state index in [1.165, 1.54) is 11.1 Å². The normalized spacial score (nSPS) is 15.3. The second kappa shape index (κ2) is 7.94. The average molecular weight is 355 g/mol. The molecule has 140 valence electrons. The number of amides is 1. The summed E-state index contributed by atoms with van der Waals surface area (Å²) in [6.07, 6.45) is 3.33. The monoisotopic (exact) mass is 355 g/mol. The van der Waals surface area contributed by atoms with Crippen molar-refractivity contribution < 1.29 is 9.53 Å². The van der Waals surface area contributed by atoms with Gasteiger partial charge in [0.15, 0.2) is 0 Å². The predicted molar refractivity (Wildman–Crippen MR) is 103 cm³/mol. The summed E-state index contributed by atoms with van der Waals surface area (Å²) >= 11 is 0. The molecule has 1 aromatic carbocycles. The highest BCUT2D eigenvalue weighted by Gasteiger charge is 2.25. The van der Waals surface area contributed by atoms with Gasteiger partial charge >= 0.3 is 0 Å². The number of hydrogen-bond donors (Lipinski definition) is 0.